The van der Waals surface area contributed by atoms with Gasteiger partial charge < -0.3 is 0 Å². The van der Waals surface area contributed by atoms with Crippen LogP contribution in [0.4, 0.5) is 0 Å². The number of fused-ring (bicyclic) bond motifs is 2. The summed E-state index contributed by atoms with van der Waals surface area (Å²) in [6, 6.07) is 13.2. The Kier molecular flexibility index (Phi) is 3.45. The lowest BCUT2D eigenvalue weighted by Gasteiger charge is -2.28. The van der Waals surface area contributed by atoms with E-state index in [1.165, 1.54) is 21.7 Å². The first-order valence-corrected chi connectivity index (χ1v) is 8.39. The van der Waals surface area contributed by atoms with Crippen LogP contribution in [0.5, 0.6) is 0 Å². The maximum atomic E-state index is 5.93. The molecule has 0 saturated heterocycles. The van der Waals surface area contributed by atoms with Gasteiger partial charge in [-0.15, -0.1) is 11.8 Å². The highest BCUT2D eigenvalue weighted by molar-refractivity contribution is 8.00. The maximum absolute atomic E-state index is 5.93. The summed E-state index contributed by atoms with van der Waals surface area (Å²) in [6.45, 7) is 0. The molecule has 3 nitrogen and oxygen atoms in total. The Morgan fingerprint density at radius 1 is 1.19 bits per heavy atom. The molecule has 4 rings (SSSR count). The van der Waals surface area contributed by atoms with E-state index < -0.39 is 0 Å². The van der Waals surface area contributed by atoms with Crippen LogP contribution in [0.25, 0.3) is 0 Å². The molecule has 3 N–H and O–H groups in total. The molecule has 21 heavy (non-hydrogen) atoms. The number of rotatable bonds is 3. The number of thioether (sulfide) groups is 1. The fourth-order valence-corrected chi connectivity index (χ4v) is 5.15. The Balaban J connectivity index is 1.60. The van der Waals surface area contributed by atoms with Gasteiger partial charge >= 0.3 is 0 Å². The number of benzene rings is 1. The number of nitrogens with zero attached hydrogens (tertiary/aromatic N) is 1. The largest absolute Gasteiger partial charge is 0.271 e. The predicted molar refractivity (Wildman–Crippen MR) is 86.2 cm³/mol. The minimum absolute atomic E-state index is 0.276. The molecule has 0 saturated carbocycles. The molecule has 0 bridgehead atoms. The number of aryl methyl sites for hydroxylation is 1. The molecule has 0 spiro atoms. The Morgan fingerprint density at radius 2 is 2.05 bits per heavy atom. The third-order valence-electron chi connectivity index (χ3n) is 4.70. The Labute approximate surface area is 129 Å². The van der Waals surface area contributed by atoms with Gasteiger partial charge in [0.1, 0.15) is 0 Å². The van der Waals surface area contributed by atoms with Crippen molar-refractivity contribution in [2.45, 2.75) is 41.4 Å². The lowest BCUT2D eigenvalue weighted by atomic mass is 9.92. The predicted octanol–water partition coefficient (Wildman–Crippen LogP) is 2.66. The summed E-state index contributed by atoms with van der Waals surface area (Å²) >= 11 is 1.96. The third-order valence-corrected chi connectivity index (χ3v) is 6.12. The molecule has 4 heteroatoms. The number of aromatic nitrogens is 1. The van der Waals surface area contributed by atoms with Crippen LogP contribution in [-0.2, 0) is 12.8 Å². The van der Waals surface area contributed by atoms with Crippen molar-refractivity contribution in [1.82, 2.24) is 10.4 Å². The first kappa shape index (κ1) is 13.3. The Bertz CT molecular complexity index is 633. The number of nitrogens with one attached hydrogen (secondary N) is 1. The van der Waals surface area contributed by atoms with Crippen molar-refractivity contribution >= 4 is 11.8 Å². The second-order valence-electron chi connectivity index (χ2n) is 5.85. The van der Waals surface area contributed by atoms with Crippen LogP contribution in [0.15, 0.2) is 47.5 Å². The molecule has 3 atom stereocenters. The van der Waals surface area contributed by atoms with E-state index in [0.717, 1.165) is 19.3 Å². The highest BCUT2D eigenvalue weighted by Crippen LogP contribution is 2.44. The SMILES string of the molecule is NNC(C1Cc2ccccc2S1)C1CCc2cccnc21. The summed E-state index contributed by atoms with van der Waals surface area (Å²) in [5.41, 5.74) is 7.19. The molecule has 3 unspecified atom stereocenters. The van der Waals surface area contributed by atoms with Gasteiger partial charge in [0.2, 0.25) is 0 Å². The van der Waals surface area contributed by atoms with Gasteiger partial charge in [-0.2, -0.15) is 0 Å². The van der Waals surface area contributed by atoms with Crippen LogP contribution in [0.1, 0.15) is 29.2 Å². The number of pyridine rings is 1. The van der Waals surface area contributed by atoms with E-state index in [9.17, 15) is 0 Å². The number of hydrazine groups is 1. The fraction of sp³-hybridized carbons (Fsp3) is 0.353. The average molecular weight is 297 g/mol. The van der Waals surface area contributed by atoms with Gasteiger partial charge in [0.15, 0.2) is 0 Å². The third kappa shape index (κ3) is 2.27. The maximum Gasteiger partial charge on any atom is 0.0483 e. The van der Waals surface area contributed by atoms with E-state index in [4.69, 9.17) is 5.84 Å². The number of hydrogen-bond donors (Lipinski definition) is 2. The topological polar surface area (TPSA) is 50.9 Å². The molecule has 1 aromatic carbocycles. The molecule has 0 fully saturated rings. The van der Waals surface area contributed by atoms with Gasteiger partial charge in [-0.3, -0.25) is 16.3 Å². The lowest BCUT2D eigenvalue weighted by Crippen LogP contribution is -2.46. The van der Waals surface area contributed by atoms with Crippen molar-refractivity contribution in [3.8, 4) is 0 Å². The minimum atomic E-state index is 0.276. The van der Waals surface area contributed by atoms with Crippen molar-refractivity contribution in [1.29, 1.82) is 0 Å². The van der Waals surface area contributed by atoms with Crippen molar-refractivity contribution < 1.29 is 0 Å². The summed E-state index contributed by atoms with van der Waals surface area (Å²) in [5, 5.41) is 0.491. The van der Waals surface area contributed by atoms with Crippen LogP contribution in [0.2, 0.25) is 0 Å². The fourth-order valence-electron chi connectivity index (χ4n) is 3.69. The second-order valence-corrected chi connectivity index (χ2v) is 7.13. The van der Waals surface area contributed by atoms with Crippen molar-refractivity contribution in [2.75, 3.05) is 0 Å². The molecule has 2 aliphatic rings. The van der Waals surface area contributed by atoms with Gasteiger partial charge in [0.25, 0.3) is 0 Å². The van der Waals surface area contributed by atoms with E-state index in [2.05, 4.69) is 40.7 Å². The minimum Gasteiger partial charge on any atom is -0.271 e. The normalized spacial score (nSPS) is 24.6. The lowest BCUT2D eigenvalue weighted by molar-refractivity contribution is 0.419. The molecule has 2 aromatic rings. The van der Waals surface area contributed by atoms with Crippen molar-refractivity contribution in [3.63, 3.8) is 0 Å². The average Bonchev–Trinajstić information content (AvgIpc) is 3.13. The van der Waals surface area contributed by atoms with Gasteiger partial charge in [-0.1, -0.05) is 24.3 Å². The Morgan fingerprint density at radius 3 is 2.90 bits per heavy atom. The van der Waals surface area contributed by atoms with Gasteiger partial charge in [-0.25, -0.2) is 0 Å². The summed E-state index contributed by atoms with van der Waals surface area (Å²) < 4.78 is 0. The standard InChI is InChI=1S/C17H19N3S/c18-20-17(13-8-7-11-5-3-9-19-16(11)13)15-10-12-4-1-2-6-14(12)21-15/h1-6,9,13,15,17,20H,7-8,10,18H2. The molecular weight excluding hydrogens is 278 g/mol. The van der Waals surface area contributed by atoms with E-state index in [1.807, 2.05) is 24.0 Å². The highest BCUT2D eigenvalue weighted by atomic mass is 32.2. The first-order valence-electron chi connectivity index (χ1n) is 7.51. The zero-order valence-corrected chi connectivity index (χ0v) is 12.6. The van der Waals surface area contributed by atoms with E-state index in [0.29, 0.717) is 11.2 Å². The zero-order chi connectivity index (χ0) is 14.2. The molecule has 1 aromatic heterocycles. The number of nitrogens with two attached hydrogens (primary N) is 1. The van der Waals surface area contributed by atoms with E-state index in [1.54, 1.807) is 0 Å². The smallest absolute Gasteiger partial charge is 0.0483 e. The molecule has 1 aliphatic heterocycles. The molecule has 0 amide bonds. The van der Waals surface area contributed by atoms with E-state index in [-0.39, 0.29) is 6.04 Å². The van der Waals surface area contributed by atoms with Crippen LogP contribution in [-0.4, -0.2) is 16.3 Å². The molecule has 0 radical (unpaired) electrons. The first-order chi connectivity index (χ1) is 10.4. The van der Waals surface area contributed by atoms with Crippen LogP contribution in [0, 0.1) is 0 Å². The summed E-state index contributed by atoms with van der Waals surface area (Å²) in [4.78, 5) is 6.03. The molecular formula is C17H19N3S. The second kappa shape index (κ2) is 5.44. The molecule has 108 valence electrons. The molecule has 2 heterocycles. The van der Waals surface area contributed by atoms with Gasteiger partial charge in [-0.05, 0) is 42.5 Å². The zero-order valence-electron chi connectivity index (χ0n) is 11.8. The van der Waals surface area contributed by atoms with Crippen molar-refractivity contribution in [3.05, 3.63) is 59.4 Å². The molecule has 1 aliphatic carbocycles. The van der Waals surface area contributed by atoms with Gasteiger partial charge in [0.05, 0.1) is 0 Å². The summed E-state index contributed by atoms with van der Waals surface area (Å²) in [7, 11) is 0. The van der Waals surface area contributed by atoms with Gasteiger partial charge in [0, 0.05) is 34.0 Å². The Hall–Kier alpha value is -1.36. The van der Waals surface area contributed by atoms with Crippen molar-refractivity contribution in [2.24, 2.45) is 5.84 Å². The monoisotopic (exact) mass is 297 g/mol. The van der Waals surface area contributed by atoms with E-state index >= 15 is 0 Å². The highest BCUT2D eigenvalue weighted by Gasteiger charge is 2.38. The van der Waals surface area contributed by atoms with Crippen LogP contribution in [0.3, 0.4) is 0 Å². The quantitative estimate of drug-likeness (QED) is 0.675. The summed E-state index contributed by atoms with van der Waals surface area (Å²) in [6.07, 6.45) is 5.26. The van der Waals surface area contributed by atoms with Crippen LogP contribution < -0.4 is 11.3 Å². The van der Waals surface area contributed by atoms with Crippen LogP contribution >= 0.6 is 11.8 Å². The summed E-state index contributed by atoms with van der Waals surface area (Å²) in [5.74, 6) is 6.36. The number of hydrogen-bond acceptors (Lipinski definition) is 4.